The molecule has 0 aliphatic heterocycles. The molecule has 1 amide bonds. The SMILES string of the molecule is Cc1ccc(F)c(NC(=O)c2cc([N+](=O)[O-])c[nH]2)c1. The van der Waals surface area contributed by atoms with Crippen molar-refractivity contribution in [2.24, 2.45) is 0 Å². The maximum absolute atomic E-state index is 13.4. The molecule has 98 valence electrons. The lowest BCUT2D eigenvalue weighted by Gasteiger charge is -2.05. The minimum absolute atomic E-state index is 0.00685. The smallest absolute Gasteiger partial charge is 0.287 e. The molecule has 7 heteroatoms. The van der Waals surface area contributed by atoms with Crippen LogP contribution in [0.4, 0.5) is 15.8 Å². The summed E-state index contributed by atoms with van der Waals surface area (Å²) < 4.78 is 13.4. The van der Waals surface area contributed by atoms with Crippen molar-refractivity contribution in [1.29, 1.82) is 0 Å². The molecule has 0 unspecified atom stereocenters. The molecule has 0 saturated heterocycles. The van der Waals surface area contributed by atoms with Gasteiger partial charge in [-0.05, 0) is 24.6 Å². The third-order valence-electron chi connectivity index (χ3n) is 2.49. The predicted molar refractivity (Wildman–Crippen MR) is 66.5 cm³/mol. The van der Waals surface area contributed by atoms with Gasteiger partial charge in [0.15, 0.2) is 0 Å². The van der Waals surface area contributed by atoms with Gasteiger partial charge in [0, 0.05) is 6.07 Å². The van der Waals surface area contributed by atoms with Gasteiger partial charge in [-0.2, -0.15) is 0 Å². The summed E-state index contributed by atoms with van der Waals surface area (Å²) >= 11 is 0. The molecule has 19 heavy (non-hydrogen) atoms. The first-order valence-corrected chi connectivity index (χ1v) is 5.37. The summed E-state index contributed by atoms with van der Waals surface area (Å²) in [6.07, 6.45) is 1.10. The molecule has 0 bridgehead atoms. The lowest BCUT2D eigenvalue weighted by atomic mass is 10.2. The largest absolute Gasteiger partial charge is 0.351 e. The van der Waals surface area contributed by atoms with E-state index in [4.69, 9.17) is 0 Å². The molecule has 0 aliphatic carbocycles. The van der Waals surface area contributed by atoms with E-state index in [-0.39, 0.29) is 17.1 Å². The summed E-state index contributed by atoms with van der Waals surface area (Å²) in [6.45, 7) is 1.76. The second-order valence-electron chi connectivity index (χ2n) is 3.97. The fraction of sp³-hybridized carbons (Fsp3) is 0.0833. The number of aryl methyl sites for hydroxylation is 1. The number of H-pyrrole nitrogens is 1. The average Bonchev–Trinajstić information content (AvgIpc) is 2.83. The van der Waals surface area contributed by atoms with Gasteiger partial charge in [0.1, 0.15) is 11.5 Å². The Labute approximate surface area is 107 Å². The summed E-state index contributed by atoms with van der Waals surface area (Å²) in [4.78, 5) is 24.1. The zero-order valence-electron chi connectivity index (χ0n) is 9.94. The Bertz CT molecular complexity index is 651. The van der Waals surface area contributed by atoms with E-state index in [1.165, 1.54) is 12.1 Å². The van der Waals surface area contributed by atoms with Crippen molar-refractivity contribution in [3.05, 3.63) is 57.7 Å². The van der Waals surface area contributed by atoms with Crippen molar-refractivity contribution in [3.63, 3.8) is 0 Å². The van der Waals surface area contributed by atoms with Gasteiger partial charge in [0.05, 0.1) is 16.8 Å². The first-order chi connectivity index (χ1) is 8.97. The number of hydrogen-bond donors (Lipinski definition) is 2. The highest BCUT2D eigenvalue weighted by molar-refractivity contribution is 6.03. The number of nitrogens with zero attached hydrogens (tertiary/aromatic N) is 1. The van der Waals surface area contributed by atoms with Crippen LogP contribution >= 0.6 is 0 Å². The quantitative estimate of drug-likeness (QED) is 0.659. The third kappa shape index (κ3) is 2.76. The molecule has 0 fully saturated rings. The van der Waals surface area contributed by atoms with Gasteiger partial charge in [-0.15, -0.1) is 0 Å². The minimum Gasteiger partial charge on any atom is -0.351 e. The van der Waals surface area contributed by atoms with Crippen molar-refractivity contribution < 1.29 is 14.1 Å². The summed E-state index contributed by atoms with van der Waals surface area (Å²) in [5.41, 5.74) is 0.582. The van der Waals surface area contributed by atoms with Crippen LogP contribution in [0.2, 0.25) is 0 Å². The predicted octanol–water partition coefficient (Wildman–Crippen LogP) is 2.62. The van der Waals surface area contributed by atoms with Crippen molar-refractivity contribution >= 4 is 17.3 Å². The van der Waals surface area contributed by atoms with Crippen molar-refractivity contribution in [2.75, 3.05) is 5.32 Å². The van der Waals surface area contributed by atoms with Crippen LogP contribution in [-0.4, -0.2) is 15.8 Å². The van der Waals surface area contributed by atoms with Crippen LogP contribution in [-0.2, 0) is 0 Å². The number of aromatic amines is 1. The second kappa shape index (κ2) is 4.89. The van der Waals surface area contributed by atoms with Gasteiger partial charge in [-0.1, -0.05) is 6.07 Å². The number of nitrogens with one attached hydrogen (secondary N) is 2. The zero-order valence-corrected chi connectivity index (χ0v) is 9.94. The van der Waals surface area contributed by atoms with Crippen LogP contribution in [0.25, 0.3) is 0 Å². The molecular weight excluding hydrogens is 253 g/mol. The van der Waals surface area contributed by atoms with Crippen LogP contribution in [0.3, 0.4) is 0 Å². The fourth-order valence-electron chi connectivity index (χ4n) is 1.54. The molecule has 0 radical (unpaired) electrons. The molecule has 2 aromatic rings. The number of carbonyl (C=O) groups is 1. The molecule has 2 rings (SSSR count). The number of rotatable bonds is 3. The van der Waals surface area contributed by atoms with Crippen LogP contribution in [0.1, 0.15) is 16.1 Å². The zero-order chi connectivity index (χ0) is 14.0. The van der Waals surface area contributed by atoms with E-state index >= 15 is 0 Å². The summed E-state index contributed by atoms with van der Waals surface area (Å²) in [6, 6.07) is 5.38. The molecule has 2 N–H and O–H groups in total. The highest BCUT2D eigenvalue weighted by Gasteiger charge is 2.15. The summed E-state index contributed by atoms with van der Waals surface area (Å²) in [5, 5.41) is 12.8. The van der Waals surface area contributed by atoms with Gasteiger partial charge in [0.25, 0.3) is 11.6 Å². The number of amides is 1. The van der Waals surface area contributed by atoms with Crippen molar-refractivity contribution in [1.82, 2.24) is 4.98 Å². The summed E-state index contributed by atoms with van der Waals surface area (Å²) in [7, 11) is 0. The molecule has 0 saturated carbocycles. The van der Waals surface area contributed by atoms with Crippen LogP contribution < -0.4 is 5.32 Å². The molecule has 6 nitrogen and oxygen atoms in total. The van der Waals surface area contributed by atoms with Gasteiger partial charge in [-0.3, -0.25) is 14.9 Å². The van der Waals surface area contributed by atoms with Crippen molar-refractivity contribution in [3.8, 4) is 0 Å². The van der Waals surface area contributed by atoms with Crippen LogP contribution in [0, 0.1) is 22.9 Å². The Balaban J connectivity index is 2.20. The number of carbonyl (C=O) groups excluding carboxylic acids is 1. The Hall–Kier alpha value is -2.70. The Morgan fingerprint density at radius 3 is 2.79 bits per heavy atom. The molecule has 1 aromatic heterocycles. The van der Waals surface area contributed by atoms with E-state index in [1.807, 2.05) is 0 Å². The Morgan fingerprint density at radius 1 is 1.42 bits per heavy atom. The Kier molecular flexibility index (Phi) is 3.28. The normalized spacial score (nSPS) is 10.2. The van der Waals surface area contributed by atoms with E-state index in [0.29, 0.717) is 0 Å². The number of hydrogen-bond acceptors (Lipinski definition) is 3. The molecule has 0 aliphatic rings. The Morgan fingerprint density at radius 2 is 2.16 bits per heavy atom. The second-order valence-corrected chi connectivity index (χ2v) is 3.97. The molecular formula is C12H10FN3O3. The van der Waals surface area contributed by atoms with E-state index in [1.54, 1.807) is 13.0 Å². The van der Waals surface area contributed by atoms with Gasteiger partial charge >= 0.3 is 0 Å². The van der Waals surface area contributed by atoms with E-state index in [2.05, 4.69) is 10.3 Å². The number of anilines is 1. The lowest BCUT2D eigenvalue weighted by molar-refractivity contribution is -0.384. The monoisotopic (exact) mass is 263 g/mol. The summed E-state index contributed by atoms with van der Waals surface area (Å²) in [5.74, 6) is -1.21. The number of halogens is 1. The van der Waals surface area contributed by atoms with E-state index in [9.17, 15) is 19.3 Å². The standard InChI is InChI=1S/C12H10FN3O3/c1-7-2-3-9(13)10(4-7)15-12(17)11-5-8(6-14-11)16(18)19/h2-6,14H,1H3,(H,15,17). The topological polar surface area (TPSA) is 88.0 Å². The minimum atomic E-state index is -0.641. The number of benzene rings is 1. The van der Waals surface area contributed by atoms with Gasteiger partial charge < -0.3 is 10.3 Å². The third-order valence-corrected chi connectivity index (χ3v) is 2.49. The number of aromatic nitrogens is 1. The first-order valence-electron chi connectivity index (χ1n) is 5.37. The van der Waals surface area contributed by atoms with E-state index in [0.717, 1.165) is 17.8 Å². The first kappa shape index (κ1) is 12.7. The van der Waals surface area contributed by atoms with E-state index < -0.39 is 16.6 Å². The van der Waals surface area contributed by atoms with Crippen LogP contribution in [0.5, 0.6) is 0 Å². The molecule has 1 heterocycles. The molecule has 0 spiro atoms. The average molecular weight is 263 g/mol. The van der Waals surface area contributed by atoms with Gasteiger partial charge in [0.2, 0.25) is 0 Å². The lowest BCUT2D eigenvalue weighted by Crippen LogP contribution is -2.13. The van der Waals surface area contributed by atoms with Crippen molar-refractivity contribution in [2.45, 2.75) is 6.92 Å². The highest BCUT2D eigenvalue weighted by atomic mass is 19.1. The van der Waals surface area contributed by atoms with Crippen LogP contribution in [0.15, 0.2) is 30.5 Å². The fourth-order valence-corrected chi connectivity index (χ4v) is 1.54. The molecule has 1 aromatic carbocycles. The molecule has 0 atom stereocenters. The van der Waals surface area contributed by atoms with Gasteiger partial charge in [-0.25, -0.2) is 4.39 Å². The maximum atomic E-state index is 13.4. The highest BCUT2D eigenvalue weighted by Crippen LogP contribution is 2.18. The maximum Gasteiger partial charge on any atom is 0.287 e. The number of nitro groups is 1.